The zero-order valence-electron chi connectivity index (χ0n) is 23.6. The van der Waals surface area contributed by atoms with E-state index in [0.29, 0.717) is 30.3 Å². The molecule has 0 bridgehead atoms. The van der Waals surface area contributed by atoms with E-state index in [0.717, 1.165) is 57.2 Å². The van der Waals surface area contributed by atoms with Crippen molar-refractivity contribution in [2.45, 2.75) is 28.7 Å². The molecule has 2 heterocycles. The van der Waals surface area contributed by atoms with E-state index >= 15 is 0 Å². The molecule has 1 fully saturated rings. The van der Waals surface area contributed by atoms with Gasteiger partial charge in [0.05, 0.1) is 0 Å². The third-order valence-electron chi connectivity index (χ3n) is 6.34. The number of methoxy groups -OCH3 is 1. The Morgan fingerprint density at radius 1 is 0.860 bits per heavy atom. The zero-order valence-corrected chi connectivity index (χ0v) is 25.2. The minimum Gasteiger partial charge on any atom is -0.478 e. The number of carboxylic acids is 4. The Balaban J connectivity index is 0.000000334. The van der Waals surface area contributed by atoms with E-state index in [9.17, 15) is 19.2 Å². The van der Waals surface area contributed by atoms with E-state index in [2.05, 4.69) is 46.2 Å². The normalized spacial score (nSPS) is 16.6. The average Bonchev–Trinajstić information content (AvgIpc) is 3.13. The van der Waals surface area contributed by atoms with Crippen LogP contribution in [0.3, 0.4) is 0 Å². The number of hydrogen-bond acceptors (Lipinski definition) is 8. The van der Waals surface area contributed by atoms with Gasteiger partial charge in [0.15, 0.2) is 0 Å². The lowest BCUT2D eigenvalue weighted by Crippen LogP contribution is -2.48. The largest absolute Gasteiger partial charge is 0.478 e. The van der Waals surface area contributed by atoms with Crippen LogP contribution in [-0.4, -0.2) is 101 Å². The molecule has 4 rings (SSSR count). The number of nitrogens with zero attached hydrogens (tertiary/aromatic N) is 2. The SMILES string of the molecule is COCCCN1CCN(C2Cc3ccccc3Sc3ccc(Cl)cc32)CC1.O=C(O)C=CC(=O)O.O=C(O)C=CC(=O)O. The van der Waals surface area contributed by atoms with Gasteiger partial charge in [-0.25, -0.2) is 19.2 Å². The number of carboxylic acid groups (broad SMARTS) is 4. The summed E-state index contributed by atoms with van der Waals surface area (Å²) in [5.74, 6) is -5.03. The van der Waals surface area contributed by atoms with Gasteiger partial charge in [-0.15, -0.1) is 0 Å². The number of aliphatic carboxylic acids is 4. The molecule has 2 aliphatic rings. The van der Waals surface area contributed by atoms with Crippen molar-refractivity contribution in [1.82, 2.24) is 9.80 Å². The summed E-state index contributed by atoms with van der Waals surface area (Å²) in [6.07, 6.45) is 4.40. The molecule has 2 aromatic rings. The molecule has 1 atom stereocenters. The van der Waals surface area contributed by atoms with Crippen LogP contribution in [0.25, 0.3) is 0 Å². The van der Waals surface area contributed by atoms with Crippen molar-refractivity contribution in [1.29, 1.82) is 0 Å². The van der Waals surface area contributed by atoms with Crippen LogP contribution >= 0.6 is 23.4 Å². The maximum Gasteiger partial charge on any atom is 0.328 e. The molecule has 0 radical (unpaired) electrons. The second-order valence-electron chi connectivity index (χ2n) is 9.36. The summed E-state index contributed by atoms with van der Waals surface area (Å²) in [7, 11) is 1.78. The minimum absolute atomic E-state index is 0.399. The van der Waals surface area contributed by atoms with Crippen LogP contribution in [0.1, 0.15) is 23.6 Å². The van der Waals surface area contributed by atoms with Gasteiger partial charge >= 0.3 is 23.9 Å². The van der Waals surface area contributed by atoms with Crippen LogP contribution in [0.15, 0.2) is 76.6 Å². The van der Waals surface area contributed by atoms with Gasteiger partial charge in [-0.1, -0.05) is 41.6 Å². The zero-order chi connectivity index (χ0) is 31.8. The first-order valence-electron chi connectivity index (χ1n) is 13.3. The Kier molecular flexibility index (Phi) is 15.5. The lowest BCUT2D eigenvalue weighted by atomic mass is 9.96. The highest BCUT2D eigenvalue weighted by molar-refractivity contribution is 7.99. The molecule has 0 spiro atoms. The van der Waals surface area contributed by atoms with Gasteiger partial charge in [-0.05, 0) is 48.2 Å². The van der Waals surface area contributed by atoms with Crippen molar-refractivity contribution < 1.29 is 44.3 Å². The number of carbonyl (C=O) groups is 4. The molecular weight excluding hydrogens is 600 g/mol. The van der Waals surface area contributed by atoms with Crippen molar-refractivity contribution in [3.05, 3.63) is 82.9 Å². The van der Waals surface area contributed by atoms with Crippen LogP contribution in [0, 0.1) is 0 Å². The number of hydrogen-bond donors (Lipinski definition) is 4. The van der Waals surface area contributed by atoms with Gasteiger partial charge in [0, 0.05) is 91.6 Å². The first-order chi connectivity index (χ1) is 20.5. The Hall–Kier alpha value is -3.68. The summed E-state index contributed by atoms with van der Waals surface area (Å²) < 4.78 is 5.19. The first kappa shape index (κ1) is 35.5. The van der Waals surface area contributed by atoms with E-state index in [1.165, 1.54) is 20.9 Å². The van der Waals surface area contributed by atoms with Gasteiger partial charge in [-0.2, -0.15) is 0 Å². The molecule has 0 saturated carbocycles. The third kappa shape index (κ3) is 13.4. The first-order valence-corrected chi connectivity index (χ1v) is 14.5. The summed E-state index contributed by atoms with van der Waals surface area (Å²) in [6, 6.07) is 15.6. The number of halogens is 1. The van der Waals surface area contributed by atoms with E-state index in [-0.39, 0.29) is 0 Å². The molecule has 4 N–H and O–H groups in total. The van der Waals surface area contributed by atoms with Crippen LogP contribution in [0.5, 0.6) is 0 Å². The molecule has 0 amide bonds. The van der Waals surface area contributed by atoms with Crippen molar-refractivity contribution in [2.24, 2.45) is 0 Å². The molecular formula is C30H35ClN2O9S. The fourth-order valence-electron chi connectivity index (χ4n) is 4.42. The molecule has 43 heavy (non-hydrogen) atoms. The minimum atomic E-state index is -1.26. The Morgan fingerprint density at radius 2 is 1.42 bits per heavy atom. The number of rotatable bonds is 9. The van der Waals surface area contributed by atoms with Gasteiger partial charge in [0.1, 0.15) is 0 Å². The maximum absolute atomic E-state index is 9.55. The highest BCUT2D eigenvalue weighted by Crippen LogP contribution is 2.43. The summed E-state index contributed by atoms with van der Waals surface area (Å²) in [4.78, 5) is 46.2. The van der Waals surface area contributed by atoms with Crippen molar-refractivity contribution in [3.8, 4) is 0 Å². The van der Waals surface area contributed by atoms with Crippen LogP contribution < -0.4 is 0 Å². The fraction of sp³-hybridized carbons (Fsp3) is 0.333. The lowest BCUT2D eigenvalue weighted by Gasteiger charge is -2.39. The monoisotopic (exact) mass is 634 g/mol. The number of benzene rings is 2. The maximum atomic E-state index is 9.55. The quantitative estimate of drug-likeness (QED) is 0.230. The number of fused-ring (bicyclic) bond motifs is 2. The fourth-order valence-corrected chi connectivity index (χ4v) is 5.72. The lowest BCUT2D eigenvalue weighted by molar-refractivity contribution is -0.134. The Labute approximate surface area is 259 Å². The van der Waals surface area contributed by atoms with E-state index in [1.54, 1.807) is 7.11 Å². The Bertz CT molecular complexity index is 1240. The molecule has 2 aliphatic heterocycles. The Morgan fingerprint density at radius 3 is 1.95 bits per heavy atom. The van der Waals surface area contributed by atoms with Gasteiger partial charge in [-0.3, -0.25) is 4.90 Å². The smallest absolute Gasteiger partial charge is 0.328 e. The van der Waals surface area contributed by atoms with Gasteiger partial charge < -0.3 is 30.1 Å². The standard InChI is InChI=1S/C22H27ClN2OS.2C4H4O4/c1-26-14-4-9-24-10-12-25(13-11-24)20-15-17-5-2-3-6-21(17)27-22-8-7-18(23)16-19(20)22;2*5-3(6)1-2-4(7)8/h2-3,5-8,16,20H,4,9-15H2,1H3;2*1-2H,(H,5,6)(H,7,8). The molecule has 1 saturated heterocycles. The second kappa shape index (κ2) is 18.8. The number of piperazine rings is 1. The predicted octanol–water partition coefficient (Wildman–Crippen LogP) is 4.17. The van der Waals surface area contributed by atoms with E-state index in [1.807, 2.05) is 17.8 Å². The van der Waals surface area contributed by atoms with Gasteiger partial charge in [0.25, 0.3) is 0 Å². The van der Waals surface area contributed by atoms with E-state index < -0.39 is 23.9 Å². The topological polar surface area (TPSA) is 165 Å². The second-order valence-corrected chi connectivity index (χ2v) is 10.9. The van der Waals surface area contributed by atoms with Gasteiger partial charge in [0.2, 0.25) is 0 Å². The number of ether oxygens (including phenoxy) is 1. The van der Waals surface area contributed by atoms with E-state index in [4.69, 9.17) is 36.8 Å². The van der Waals surface area contributed by atoms with Crippen LogP contribution in [-0.2, 0) is 30.3 Å². The average molecular weight is 635 g/mol. The van der Waals surface area contributed by atoms with Crippen LogP contribution in [0.4, 0.5) is 0 Å². The third-order valence-corrected chi connectivity index (χ3v) is 7.79. The molecule has 0 aliphatic carbocycles. The molecule has 0 aromatic heterocycles. The molecule has 2 aromatic carbocycles. The van der Waals surface area contributed by atoms with Crippen LogP contribution in [0.2, 0.25) is 5.02 Å². The molecule has 13 heteroatoms. The highest BCUT2D eigenvalue weighted by Gasteiger charge is 2.30. The highest BCUT2D eigenvalue weighted by atomic mass is 35.5. The predicted molar refractivity (Wildman–Crippen MR) is 162 cm³/mol. The molecule has 11 nitrogen and oxygen atoms in total. The summed E-state index contributed by atoms with van der Waals surface area (Å²) in [5.41, 5.74) is 2.83. The summed E-state index contributed by atoms with van der Waals surface area (Å²) >= 11 is 8.28. The van der Waals surface area contributed by atoms with Crippen molar-refractivity contribution >= 4 is 47.2 Å². The summed E-state index contributed by atoms with van der Waals surface area (Å²) in [6.45, 7) is 6.46. The van der Waals surface area contributed by atoms with Crippen molar-refractivity contribution in [2.75, 3.05) is 46.4 Å². The molecule has 232 valence electrons. The van der Waals surface area contributed by atoms with Crippen molar-refractivity contribution in [3.63, 3.8) is 0 Å². The molecule has 1 unspecified atom stereocenters. The summed E-state index contributed by atoms with van der Waals surface area (Å²) in [5, 5.41) is 32.1.